The van der Waals surface area contributed by atoms with Crippen molar-refractivity contribution in [3.8, 4) is 0 Å². The van der Waals surface area contributed by atoms with Gasteiger partial charge in [-0.1, -0.05) is 6.92 Å². The summed E-state index contributed by atoms with van der Waals surface area (Å²) < 4.78 is 28.0. The number of rotatable bonds is 7. The molecule has 1 aliphatic rings. The van der Waals surface area contributed by atoms with Crippen LogP contribution in [-0.2, 0) is 15.0 Å². The third-order valence-corrected chi connectivity index (χ3v) is 5.11. The van der Waals surface area contributed by atoms with E-state index < -0.39 is 22.1 Å². The lowest BCUT2D eigenvalue weighted by atomic mass is 9.99. The minimum Gasteiger partial charge on any atom is -0.481 e. The Bertz CT molecular complexity index is 390. The molecule has 0 spiro atoms. The van der Waals surface area contributed by atoms with Crippen LogP contribution in [0, 0.1) is 5.92 Å². The van der Waals surface area contributed by atoms with Gasteiger partial charge in [-0.2, -0.15) is 17.4 Å². The monoisotopic (exact) mass is 294 g/mol. The summed E-state index contributed by atoms with van der Waals surface area (Å²) >= 11 is 0. The zero-order valence-corrected chi connectivity index (χ0v) is 11.9. The molecule has 8 heteroatoms. The van der Waals surface area contributed by atoms with Crippen LogP contribution in [-0.4, -0.2) is 54.6 Å². The second-order valence-corrected chi connectivity index (χ2v) is 6.45. The molecule has 3 N–H and O–H groups in total. The molecule has 0 aromatic carbocycles. The lowest BCUT2D eigenvalue weighted by Crippen LogP contribution is -2.49. The molecule has 0 saturated carbocycles. The number of nitrogens with zero attached hydrogens (tertiary/aromatic N) is 1. The zero-order chi connectivity index (χ0) is 14.5. The highest BCUT2D eigenvalue weighted by atomic mass is 32.2. The molecule has 0 aromatic rings. The van der Waals surface area contributed by atoms with Crippen molar-refractivity contribution in [1.82, 2.24) is 9.03 Å². The maximum atomic E-state index is 12.1. The number of nitrogens with one attached hydrogen (secondary N) is 1. The van der Waals surface area contributed by atoms with Crippen LogP contribution in [0.15, 0.2) is 0 Å². The van der Waals surface area contributed by atoms with Gasteiger partial charge in [0.2, 0.25) is 0 Å². The Morgan fingerprint density at radius 1 is 1.42 bits per heavy atom. The normalized spacial score (nSPS) is 20.3. The van der Waals surface area contributed by atoms with Crippen LogP contribution in [0.3, 0.4) is 0 Å². The van der Waals surface area contributed by atoms with Gasteiger partial charge in [-0.05, 0) is 25.7 Å². The van der Waals surface area contributed by atoms with Gasteiger partial charge in [-0.15, -0.1) is 0 Å². The summed E-state index contributed by atoms with van der Waals surface area (Å²) in [5.74, 6) is -1.32. The smallest absolute Gasteiger partial charge is 0.306 e. The predicted octanol–water partition coefficient (Wildman–Crippen LogP) is -0.222. The Hall–Kier alpha value is -0.700. The van der Waals surface area contributed by atoms with E-state index in [-0.39, 0.29) is 25.7 Å². The molecule has 0 amide bonds. The van der Waals surface area contributed by atoms with E-state index in [0.29, 0.717) is 25.7 Å². The first-order valence-electron chi connectivity index (χ1n) is 6.51. The Kier molecular flexibility index (Phi) is 6.18. The molecule has 1 rings (SSSR count). The molecular formula is C11H22N2O5S. The van der Waals surface area contributed by atoms with Crippen molar-refractivity contribution >= 4 is 16.2 Å². The highest BCUT2D eigenvalue weighted by molar-refractivity contribution is 7.87. The summed E-state index contributed by atoms with van der Waals surface area (Å²) in [5, 5.41) is 17.7. The Balaban J connectivity index is 2.57. The minimum atomic E-state index is -3.59. The molecule has 7 nitrogen and oxygen atoms in total. The van der Waals surface area contributed by atoms with Gasteiger partial charge in [-0.25, -0.2) is 0 Å². The molecule has 1 atom stereocenters. The third-order valence-electron chi connectivity index (χ3n) is 3.43. The fraction of sp³-hybridized carbons (Fsp3) is 0.909. The number of carboxylic acid groups (broad SMARTS) is 1. The number of aliphatic hydroxyl groups excluding tert-OH is 1. The summed E-state index contributed by atoms with van der Waals surface area (Å²) in [5.41, 5.74) is 0. The molecule has 1 heterocycles. The minimum absolute atomic E-state index is 0.0673. The molecule has 19 heavy (non-hydrogen) atoms. The summed E-state index contributed by atoms with van der Waals surface area (Å²) in [6.45, 7) is 2.23. The van der Waals surface area contributed by atoms with Crippen molar-refractivity contribution in [2.75, 3.05) is 19.7 Å². The topological polar surface area (TPSA) is 107 Å². The van der Waals surface area contributed by atoms with E-state index in [0.717, 1.165) is 0 Å². The number of hydrogen-bond acceptors (Lipinski definition) is 4. The standard InChI is InChI=1S/C11H22N2O5S/c1-2-10(5-8-14)12-19(17,18)13-6-3-9(4-7-13)11(15)16/h9-10,12,14H,2-8H2,1H3,(H,15,16). The number of aliphatic carboxylic acids is 1. The first kappa shape index (κ1) is 16.4. The zero-order valence-electron chi connectivity index (χ0n) is 11.1. The second-order valence-electron chi connectivity index (χ2n) is 4.75. The molecule has 0 aromatic heterocycles. The van der Waals surface area contributed by atoms with E-state index in [9.17, 15) is 13.2 Å². The van der Waals surface area contributed by atoms with Crippen molar-refractivity contribution in [3.63, 3.8) is 0 Å². The van der Waals surface area contributed by atoms with Crippen LogP contribution < -0.4 is 4.72 Å². The van der Waals surface area contributed by atoms with Gasteiger partial charge < -0.3 is 10.2 Å². The van der Waals surface area contributed by atoms with E-state index in [1.54, 1.807) is 0 Å². The lowest BCUT2D eigenvalue weighted by Gasteiger charge is -2.30. The molecule has 1 aliphatic heterocycles. The van der Waals surface area contributed by atoms with E-state index in [4.69, 9.17) is 10.2 Å². The molecular weight excluding hydrogens is 272 g/mol. The molecule has 0 radical (unpaired) electrons. The Labute approximate surface area is 113 Å². The van der Waals surface area contributed by atoms with E-state index in [2.05, 4.69) is 4.72 Å². The fourth-order valence-corrected chi connectivity index (χ4v) is 3.68. The van der Waals surface area contributed by atoms with Gasteiger partial charge in [0.05, 0.1) is 5.92 Å². The van der Waals surface area contributed by atoms with Crippen molar-refractivity contribution in [1.29, 1.82) is 0 Å². The quantitative estimate of drug-likeness (QED) is 0.601. The molecule has 112 valence electrons. The molecule has 1 saturated heterocycles. The van der Waals surface area contributed by atoms with E-state index in [1.807, 2.05) is 6.92 Å². The van der Waals surface area contributed by atoms with Gasteiger partial charge in [0.15, 0.2) is 0 Å². The average molecular weight is 294 g/mol. The summed E-state index contributed by atoms with van der Waals surface area (Å²) in [6, 6.07) is -0.285. The number of carboxylic acids is 1. The van der Waals surface area contributed by atoms with Gasteiger partial charge in [-0.3, -0.25) is 4.79 Å². The van der Waals surface area contributed by atoms with Crippen molar-refractivity contribution in [2.45, 2.75) is 38.6 Å². The van der Waals surface area contributed by atoms with Crippen LogP contribution in [0.2, 0.25) is 0 Å². The first-order chi connectivity index (χ1) is 8.90. The van der Waals surface area contributed by atoms with Crippen LogP contribution in [0.4, 0.5) is 0 Å². The number of aliphatic hydroxyl groups is 1. The van der Waals surface area contributed by atoms with Crippen LogP contribution in [0.1, 0.15) is 32.6 Å². The SMILES string of the molecule is CCC(CCO)NS(=O)(=O)N1CCC(C(=O)O)CC1. The van der Waals surface area contributed by atoms with Crippen molar-refractivity contribution < 1.29 is 23.4 Å². The number of hydrogen-bond donors (Lipinski definition) is 3. The van der Waals surface area contributed by atoms with Gasteiger partial charge >= 0.3 is 5.97 Å². The summed E-state index contributed by atoms with van der Waals surface area (Å²) in [4.78, 5) is 10.8. The van der Waals surface area contributed by atoms with Gasteiger partial charge in [0.1, 0.15) is 0 Å². The maximum absolute atomic E-state index is 12.1. The van der Waals surface area contributed by atoms with E-state index in [1.165, 1.54) is 4.31 Å². The van der Waals surface area contributed by atoms with Crippen molar-refractivity contribution in [2.24, 2.45) is 5.92 Å². The Morgan fingerprint density at radius 3 is 2.42 bits per heavy atom. The lowest BCUT2D eigenvalue weighted by molar-refractivity contribution is -0.142. The highest BCUT2D eigenvalue weighted by Crippen LogP contribution is 2.19. The van der Waals surface area contributed by atoms with Gasteiger partial charge in [0.25, 0.3) is 10.2 Å². The molecule has 1 fully saturated rings. The van der Waals surface area contributed by atoms with Crippen LogP contribution >= 0.6 is 0 Å². The maximum Gasteiger partial charge on any atom is 0.306 e. The molecule has 1 unspecified atom stereocenters. The molecule has 0 aliphatic carbocycles. The fourth-order valence-electron chi connectivity index (χ4n) is 2.13. The number of piperidine rings is 1. The van der Waals surface area contributed by atoms with E-state index >= 15 is 0 Å². The first-order valence-corrected chi connectivity index (χ1v) is 7.95. The highest BCUT2D eigenvalue weighted by Gasteiger charge is 2.31. The summed E-state index contributed by atoms with van der Waals surface area (Å²) in [7, 11) is -3.59. The number of carbonyl (C=O) groups is 1. The summed E-state index contributed by atoms with van der Waals surface area (Å²) in [6.07, 6.45) is 1.66. The van der Waals surface area contributed by atoms with Crippen LogP contribution in [0.5, 0.6) is 0 Å². The second kappa shape index (κ2) is 7.18. The average Bonchev–Trinajstić information content (AvgIpc) is 2.38. The van der Waals surface area contributed by atoms with Gasteiger partial charge in [0, 0.05) is 25.7 Å². The molecule has 0 bridgehead atoms. The van der Waals surface area contributed by atoms with Crippen molar-refractivity contribution in [3.05, 3.63) is 0 Å². The third kappa shape index (κ3) is 4.72. The Morgan fingerprint density at radius 2 is 2.00 bits per heavy atom. The predicted molar refractivity (Wildman–Crippen MR) is 69.8 cm³/mol. The van der Waals surface area contributed by atoms with Crippen LogP contribution in [0.25, 0.3) is 0 Å². The largest absolute Gasteiger partial charge is 0.481 e.